The van der Waals surface area contributed by atoms with Gasteiger partial charge in [0.15, 0.2) is 0 Å². The molecule has 4 aliphatic rings. The number of rotatable bonds is 0. The number of aryl methyl sites for hydroxylation is 2. The molecule has 0 radical (unpaired) electrons. The predicted octanol–water partition coefficient (Wildman–Crippen LogP) is 5.87. The monoisotopic (exact) mass is 520 g/mol. The summed E-state index contributed by atoms with van der Waals surface area (Å²) in [6.45, 7) is 6.16. The number of benzene rings is 5. The van der Waals surface area contributed by atoms with Crippen LogP contribution in [0.3, 0.4) is 0 Å². The topological polar surface area (TPSA) is 27.7 Å². The Labute approximate surface area is 232 Å². The normalized spacial score (nSPS) is 14.4. The van der Waals surface area contributed by atoms with Gasteiger partial charge in [-0.25, -0.2) is 0 Å². The van der Waals surface area contributed by atoms with E-state index in [1.165, 1.54) is 43.6 Å². The zero-order chi connectivity index (χ0) is 26.0. The van der Waals surface area contributed by atoms with E-state index in [4.69, 9.17) is 14.1 Å². The van der Waals surface area contributed by atoms with Gasteiger partial charge in [-0.15, -0.1) is 0 Å². The van der Waals surface area contributed by atoms with Crippen LogP contribution >= 0.6 is 11.6 Å². The van der Waals surface area contributed by atoms with E-state index in [9.17, 15) is 0 Å². The summed E-state index contributed by atoms with van der Waals surface area (Å²) in [5, 5.41) is 0. The Kier molecular flexibility index (Phi) is 4.23. The molecule has 9 rings (SSSR count). The van der Waals surface area contributed by atoms with Gasteiger partial charge in [-0.1, -0.05) is 54.6 Å². The molecule has 0 spiro atoms. The van der Waals surface area contributed by atoms with Crippen LogP contribution in [0.4, 0.5) is 0 Å². The molecule has 6 heteroatoms. The molecule has 0 N–H and O–H groups in total. The van der Waals surface area contributed by atoms with Crippen LogP contribution in [-0.4, -0.2) is 12.9 Å². The molecule has 0 atom stereocenters. The summed E-state index contributed by atoms with van der Waals surface area (Å²) in [6.07, 6.45) is 0. The van der Waals surface area contributed by atoms with Crippen LogP contribution in [-0.2, 0) is 0 Å². The molecule has 5 aromatic rings. The third-order valence-corrected chi connectivity index (χ3v) is 9.78. The Morgan fingerprint density at radius 3 is 2.03 bits per heavy atom. The molecule has 0 fully saturated rings. The molecule has 0 unspecified atom stereocenters. The highest BCUT2D eigenvalue weighted by molar-refractivity contribution is 8.28. The maximum atomic E-state index is 6.77. The summed E-state index contributed by atoms with van der Waals surface area (Å²) in [6, 6.07) is 28.2. The van der Waals surface area contributed by atoms with E-state index >= 15 is 0 Å². The van der Waals surface area contributed by atoms with Gasteiger partial charge in [0.2, 0.25) is 0 Å². The van der Waals surface area contributed by atoms with Gasteiger partial charge in [-0.3, -0.25) is 0 Å². The highest BCUT2D eigenvalue weighted by atomic mass is 32.2. The predicted molar refractivity (Wildman–Crippen MR) is 161 cm³/mol. The van der Waals surface area contributed by atoms with Crippen molar-refractivity contribution in [3.63, 3.8) is 0 Å². The lowest BCUT2D eigenvalue weighted by Gasteiger charge is -2.37. The molecule has 0 bridgehead atoms. The molecular weight excluding hydrogens is 498 g/mol. The molecular formula is C33H22B2O3S. The summed E-state index contributed by atoms with van der Waals surface area (Å²) in [7, 11) is 0. The van der Waals surface area contributed by atoms with E-state index in [0.717, 1.165) is 50.8 Å². The van der Waals surface area contributed by atoms with Crippen LogP contribution in [0, 0.1) is 20.8 Å². The van der Waals surface area contributed by atoms with Gasteiger partial charge in [0.25, 0.3) is 5.99 Å². The third-order valence-electron chi connectivity index (χ3n) is 8.45. The first-order chi connectivity index (χ1) is 19.0. The standard InChI is InChI=1S/C33H22B2O3S/c1-17-12-22-20-8-4-6-10-26(20)38-34-24-16-25-33(19(3)32(24)36-27(14-17)30(22)34)37-28-15-18(2)13-23-21-9-5-7-11-29(21)39-35(25)31(23)28/h4-16H,1-3H3. The fraction of sp³-hybridized carbons (Fsp3) is 0.0909. The number of ether oxygens (including phenoxy) is 2. The van der Waals surface area contributed by atoms with Gasteiger partial charge in [-0.05, 0) is 83.8 Å². The molecule has 0 aliphatic carbocycles. The van der Waals surface area contributed by atoms with Crippen molar-refractivity contribution in [3.8, 4) is 51.0 Å². The lowest BCUT2D eigenvalue weighted by molar-refractivity contribution is 0.455. The maximum absolute atomic E-state index is 6.77. The molecule has 0 saturated carbocycles. The Morgan fingerprint density at radius 2 is 1.23 bits per heavy atom. The fourth-order valence-corrected chi connectivity index (χ4v) is 8.17. The van der Waals surface area contributed by atoms with E-state index in [-0.39, 0.29) is 12.9 Å². The van der Waals surface area contributed by atoms with E-state index in [1.54, 1.807) is 0 Å². The average Bonchev–Trinajstić information content (AvgIpc) is 2.94. The largest absolute Gasteiger partial charge is 0.551 e. The Hall–Kier alpha value is -4.02. The minimum absolute atomic E-state index is 0.132. The average molecular weight is 520 g/mol. The number of para-hydroxylation sites is 1. The summed E-state index contributed by atoms with van der Waals surface area (Å²) >= 11 is 1.91. The second-order valence-electron chi connectivity index (χ2n) is 11.0. The van der Waals surface area contributed by atoms with Crippen LogP contribution in [0.25, 0.3) is 22.3 Å². The Morgan fingerprint density at radius 1 is 0.590 bits per heavy atom. The van der Waals surface area contributed by atoms with Gasteiger partial charge in [0.05, 0.1) is 0 Å². The second-order valence-corrected chi connectivity index (χ2v) is 12.1. The van der Waals surface area contributed by atoms with Crippen molar-refractivity contribution < 1.29 is 14.1 Å². The van der Waals surface area contributed by atoms with E-state index in [1.807, 2.05) is 17.7 Å². The first kappa shape index (κ1) is 21.9. The van der Waals surface area contributed by atoms with Crippen LogP contribution in [0.5, 0.6) is 28.7 Å². The Balaban J connectivity index is 1.29. The quantitative estimate of drug-likeness (QED) is 0.239. The molecule has 0 amide bonds. The zero-order valence-electron chi connectivity index (χ0n) is 21.8. The fourth-order valence-electron chi connectivity index (χ4n) is 6.79. The molecule has 4 aliphatic heterocycles. The molecule has 0 aromatic heterocycles. The number of hydrogen-bond acceptors (Lipinski definition) is 4. The Bertz CT molecular complexity index is 1800. The molecule has 3 nitrogen and oxygen atoms in total. The van der Waals surface area contributed by atoms with Crippen molar-refractivity contribution in [2.45, 2.75) is 25.7 Å². The minimum Gasteiger partial charge on any atom is -0.551 e. The number of hydrogen-bond donors (Lipinski definition) is 0. The van der Waals surface area contributed by atoms with Gasteiger partial charge in [0.1, 0.15) is 28.7 Å². The highest BCUT2D eigenvalue weighted by Gasteiger charge is 2.45. The van der Waals surface area contributed by atoms with Crippen molar-refractivity contribution in [2.75, 3.05) is 0 Å². The van der Waals surface area contributed by atoms with Crippen LogP contribution < -0.4 is 36.0 Å². The van der Waals surface area contributed by atoms with E-state index in [2.05, 4.69) is 93.6 Å². The molecule has 184 valence electrons. The van der Waals surface area contributed by atoms with Crippen LogP contribution in [0.15, 0.2) is 83.8 Å². The molecule has 4 heterocycles. The van der Waals surface area contributed by atoms with Crippen LogP contribution in [0.2, 0.25) is 0 Å². The van der Waals surface area contributed by atoms with Gasteiger partial charge < -0.3 is 14.1 Å². The van der Waals surface area contributed by atoms with Gasteiger partial charge in [0, 0.05) is 26.9 Å². The smallest absolute Gasteiger partial charge is 0.434 e. The lowest BCUT2D eigenvalue weighted by atomic mass is 9.48. The zero-order valence-corrected chi connectivity index (χ0v) is 22.6. The minimum atomic E-state index is -0.238. The number of fused-ring (bicyclic) bond motifs is 8. The first-order valence-electron chi connectivity index (χ1n) is 13.4. The van der Waals surface area contributed by atoms with Crippen molar-refractivity contribution in [2.24, 2.45) is 0 Å². The van der Waals surface area contributed by atoms with Gasteiger partial charge >= 0.3 is 6.92 Å². The van der Waals surface area contributed by atoms with Crippen molar-refractivity contribution in [1.29, 1.82) is 0 Å². The second kappa shape index (κ2) is 7.55. The van der Waals surface area contributed by atoms with Crippen molar-refractivity contribution >= 4 is 46.4 Å². The van der Waals surface area contributed by atoms with E-state index < -0.39 is 0 Å². The van der Waals surface area contributed by atoms with Crippen molar-refractivity contribution in [3.05, 3.63) is 95.6 Å². The van der Waals surface area contributed by atoms with E-state index in [0.29, 0.717) is 0 Å². The maximum Gasteiger partial charge on any atom is 0.434 e. The van der Waals surface area contributed by atoms with Crippen LogP contribution in [0.1, 0.15) is 16.7 Å². The third kappa shape index (κ3) is 2.87. The highest BCUT2D eigenvalue weighted by Crippen LogP contribution is 2.46. The van der Waals surface area contributed by atoms with Gasteiger partial charge in [-0.2, -0.15) is 11.6 Å². The molecule has 5 aromatic carbocycles. The lowest BCUT2D eigenvalue weighted by Crippen LogP contribution is -2.56. The summed E-state index contributed by atoms with van der Waals surface area (Å²) in [5.41, 5.74) is 12.9. The molecule has 0 saturated heterocycles. The molecule has 39 heavy (non-hydrogen) atoms. The first-order valence-corrected chi connectivity index (χ1v) is 14.3. The summed E-state index contributed by atoms with van der Waals surface area (Å²) in [5.74, 6) is 4.62. The summed E-state index contributed by atoms with van der Waals surface area (Å²) in [4.78, 5) is 1.30. The summed E-state index contributed by atoms with van der Waals surface area (Å²) < 4.78 is 20.3. The van der Waals surface area contributed by atoms with Crippen molar-refractivity contribution in [1.82, 2.24) is 0 Å². The SMILES string of the molecule is Cc1cc2c3c(c1)-c1ccccc1OB3c1cc3c(c(C)c1O2)Oc1cc(C)cc2c1B3Sc1ccccc1-2.